The minimum absolute atomic E-state index is 0.320. The van der Waals surface area contributed by atoms with Gasteiger partial charge in [0.1, 0.15) is 5.82 Å². The van der Waals surface area contributed by atoms with Gasteiger partial charge in [-0.15, -0.1) is 11.6 Å². The van der Waals surface area contributed by atoms with Crippen molar-refractivity contribution in [2.45, 2.75) is 26.4 Å². The number of aromatic nitrogens is 2. The second-order valence-electron chi connectivity index (χ2n) is 3.55. The topological polar surface area (TPSA) is 37.8 Å². The fourth-order valence-electron chi connectivity index (χ4n) is 1.11. The van der Waals surface area contributed by atoms with Gasteiger partial charge in [0.25, 0.3) is 0 Å². The molecule has 0 radical (unpaired) electrons. The molecule has 1 aromatic rings. The first-order valence-corrected chi connectivity index (χ1v) is 5.32. The highest BCUT2D eigenvalue weighted by molar-refractivity contribution is 6.18. The molecule has 0 fully saturated rings. The molecule has 0 spiro atoms. The molecule has 1 atom stereocenters. The number of hydrogen-bond acceptors (Lipinski definition) is 3. The molecule has 0 bridgehead atoms. The van der Waals surface area contributed by atoms with E-state index in [0.717, 1.165) is 5.82 Å². The van der Waals surface area contributed by atoms with Crippen molar-refractivity contribution in [3.63, 3.8) is 0 Å². The number of nitrogens with one attached hydrogen (secondary N) is 1. The van der Waals surface area contributed by atoms with Crippen LogP contribution in [0.15, 0.2) is 18.5 Å². The highest BCUT2D eigenvalue weighted by Crippen LogP contribution is 2.03. The second kappa shape index (κ2) is 5.94. The SMILES string of the molecule is CC(C)C(CCl)NCc1ncccn1. The molecule has 0 aliphatic heterocycles. The number of halogens is 1. The van der Waals surface area contributed by atoms with Crippen molar-refractivity contribution in [3.05, 3.63) is 24.3 Å². The summed E-state index contributed by atoms with van der Waals surface area (Å²) >= 11 is 5.83. The Kier molecular flexibility index (Phi) is 4.84. The third-order valence-corrected chi connectivity index (χ3v) is 2.45. The van der Waals surface area contributed by atoms with E-state index in [2.05, 4.69) is 29.1 Å². The van der Waals surface area contributed by atoms with Crippen molar-refractivity contribution in [1.29, 1.82) is 0 Å². The third kappa shape index (κ3) is 3.60. The first kappa shape index (κ1) is 11.4. The van der Waals surface area contributed by atoms with Crippen LogP contribution in [0.2, 0.25) is 0 Å². The van der Waals surface area contributed by atoms with Gasteiger partial charge in [-0.25, -0.2) is 9.97 Å². The number of hydrogen-bond donors (Lipinski definition) is 1. The molecule has 1 heterocycles. The Balaban J connectivity index is 2.40. The molecule has 0 saturated carbocycles. The second-order valence-corrected chi connectivity index (χ2v) is 3.86. The van der Waals surface area contributed by atoms with E-state index in [4.69, 9.17) is 11.6 Å². The van der Waals surface area contributed by atoms with Gasteiger partial charge in [-0.1, -0.05) is 13.8 Å². The van der Waals surface area contributed by atoms with Crippen LogP contribution in [0.5, 0.6) is 0 Å². The fourth-order valence-corrected chi connectivity index (χ4v) is 1.58. The zero-order chi connectivity index (χ0) is 10.4. The molecule has 4 heteroatoms. The van der Waals surface area contributed by atoms with E-state index in [1.165, 1.54) is 0 Å². The van der Waals surface area contributed by atoms with E-state index in [-0.39, 0.29) is 0 Å². The summed E-state index contributed by atoms with van der Waals surface area (Å²) in [7, 11) is 0. The Morgan fingerprint density at radius 2 is 2.00 bits per heavy atom. The van der Waals surface area contributed by atoms with Gasteiger partial charge in [0, 0.05) is 24.3 Å². The minimum atomic E-state index is 0.320. The number of nitrogens with zero attached hydrogens (tertiary/aromatic N) is 2. The monoisotopic (exact) mass is 213 g/mol. The first-order chi connectivity index (χ1) is 6.74. The summed E-state index contributed by atoms with van der Waals surface area (Å²) in [6, 6.07) is 2.13. The molecule has 0 aliphatic carbocycles. The highest BCUT2D eigenvalue weighted by Gasteiger charge is 2.11. The third-order valence-electron chi connectivity index (χ3n) is 2.11. The molecular formula is C10H16ClN3. The largest absolute Gasteiger partial charge is 0.306 e. The first-order valence-electron chi connectivity index (χ1n) is 4.79. The van der Waals surface area contributed by atoms with Crippen molar-refractivity contribution < 1.29 is 0 Å². The lowest BCUT2D eigenvalue weighted by Crippen LogP contribution is -2.35. The Morgan fingerprint density at radius 1 is 1.36 bits per heavy atom. The fraction of sp³-hybridized carbons (Fsp3) is 0.600. The molecule has 0 aliphatic rings. The van der Waals surface area contributed by atoms with Crippen LogP contribution in [0.1, 0.15) is 19.7 Å². The van der Waals surface area contributed by atoms with E-state index in [0.29, 0.717) is 24.4 Å². The van der Waals surface area contributed by atoms with Gasteiger partial charge in [-0.2, -0.15) is 0 Å². The molecule has 3 nitrogen and oxygen atoms in total. The molecule has 0 amide bonds. The number of alkyl halides is 1. The average molecular weight is 214 g/mol. The Morgan fingerprint density at radius 3 is 2.50 bits per heavy atom. The van der Waals surface area contributed by atoms with Crippen LogP contribution in [-0.4, -0.2) is 21.9 Å². The van der Waals surface area contributed by atoms with Crippen molar-refractivity contribution in [3.8, 4) is 0 Å². The standard InChI is InChI=1S/C10H16ClN3/c1-8(2)9(6-11)14-7-10-12-4-3-5-13-10/h3-5,8-9,14H,6-7H2,1-2H3. The summed E-state index contributed by atoms with van der Waals surface area (Å²) in [5, 5.41) is 3.33. The molecule has 14 heavy (non-hydrogen) atoms. The Labute approximate surface area is 89.9 Å². The maximum Gasteiger partial charge on any atom is 0.141 e. The highest BCUT2D eigenvalue weighted by atomic mass is 35.5. The normalized spacial score (nSPS) is 13.1. The van der Waals surface area contributed by atoms with Crippen LogP contribution in [-0.2, 0) is 6.54 Å². The average Bonchev–Trinajstić information content (AvgIpc) is 2.20. The van der Waals surface area contributed by atoms with Gasteiger partial charge >= 0.3 is 0 Å². The molecule has 78 valence electrons. The maximum absolute atomic E-state index is 5.83. The summed E-state index contributed by atoms with van der Waals surface area (Å²) in [4.78, 5) is 8.26. The Hall–Kier alpha value is -0.670. The predicted octanol–water partition coefficient (Wildman–Crippen LogP) is 1.83. The van der Waals surface area contributed by atoms with E-state index in [1.54, 1.807) is 12.4 Å². The molecule has 1 N–H and O–H groups in total. The van der Waals surface area contributed by atoms with Crippen LogP contribution in [0, 0.1) is 5.92 Å². The van der Waals surface area contributed by atoms with Crippen molar-refractivity contribution >= 4 is 11.6 Å². The summed E-state index contributed by atoms with van der Waals surface area (Å²) in [5.74, 6) is 1.95. The van der Waals surface area contributed by atoms with E-state index in [1.807, 2.05) is 6.07 Å². The lowest BCUT2D eigenvalue weighted by Gasteiger charge is -2.18. The summed E-state index contributed by atoms with van der Waals surface area (Å²) in [5.41, 5.74) is 0. The van der Waals surface area contributed by atoms with Gasteiger partial charge < -0.3 is 5.32 Å². The van der Waals surface area contributed by atoms with Crippen LogP contribution in [0.3, 0.4) is 0 Å². The van der Waals surface area contributed by atoms with Crippen molar-refractivity contribution in [2.24, 2.45) is 5.92 Å². The van der Waals surface area contributed by atoms with Gasteiger partial charge in [0.15, 0.2) is 0 Å². The lowest BCUT2D eigenvalue weighted by molar-refractivity contribution is 0.425. The molecular weight excluding hydrogens is 198 g/mol. The van der Waals surface area contributed by atoms with Gasteiger partial charge in [0.05, 0.1) is 6.54 Å². The zero-order valence-corrected chi connectivity index (χ0v) is 9.33. The number of rotatable bonds is 5. The minimum Gasteiger partial charge on any atom is -0.306 e. The van der Waals surface area contributed by atoms with E-state index >= 15 is 0 Å². The Bertz CT molecular complexity index is 251. The molecule has 1 rings (SSSR count). The summed E-state index contributed by atoms with van der Waals surface area (Å²) < 4.78 is 0. The lowest BCUT2D eigenvalue weighted by atomic mass is 10.1. The van der Waals surface area contributed by atoms with Crippen LogP contribution in [0.25, 0.3) is 0 Å². The van der Waals surface area contributed by atoms with Crippen LogP contribution < -0.4 is 5.32 Å². The zero-order valence-electron chi connectivity index (χ0n) is 8.57. The van der Waals surface area contributed by atoms with Gasteiger partial charge in [-0.3, -0.25) is 0 Å². The molecule has 0 saturated heterocycles. The maximum atomic E-state index is 5.83. The smallest absolute Gasteiger partial charge is 0.141 e. The van der Waals surface area contributed by atoms with Gasteiger partial charge in [0.2, 0.25) is 0 Å². The van der Waals surface area contributed by atoms with Crippen molar-refractivity contribution in [2.75, 3.05) is 5.88 Å². The molecule has 1 aromatic heterocycles. The van der Waals surface area contributed by atoms with E-state index in [9.17, 15) is 0 Å². The van der Waals surface area contributed by atoms with Crippen LogP contribution >= 0.6 is 11.6 Å². The summed E-state index contributed by atoms with van der Waals surface area (Å²) in [6.45, 7) is 4.97. The van der Waals surface area contributed by atoms with Crippen molar-refractivity contribution in [1.82, 2.24) is 15.3 Å². The van der Waals surface area contributed by atoms with Crippen LogP contribution in [0.4, 0.5) is 0 Å². The predicted molar refractivity (Wildman–Crippen MR) is 58.2 cm³/mol. The quantitative estimate of drug-likeness (QED) is 0.759. The molecule has 1 unspecified atom stereocenters. The van der Waals surface area contributed by atoms with E-state index < -0.39 is 0 Å². The summed E-state index contributed by atoms with van der Waals surface area (Å²) in [6.07, 6.45) is 3.49. The van der Waals surface area contributed by atoms with Gasteiger partial charge in [-0.05, 0) is 12.0 Å². The molecule has 0 aromatic carbocycles.